The fourth-order valence-electron chi connectivity index (χ4n) is 2.92. The van der Waals surface area contributed by atoms with Crippen LogP contribution in [0.1, 0.15) is 12.6 Å². The maximum atomic E-state index is 12.2. The number of aliphatic hydroxyl groups excluding tert-OH is 2. The monoisotopic (exact) mass is 592 g/mol. The van der Waals surface area contributed by atoms with Crippen LogP contribution in [0.25, 0.3) is 11.2 Å². The van der Waals surface area contributed by atoms with Crippen LogP contribution in [0.5, 0.6) is 0 Å². The Balaban J connectivity index is 1.65. The zero-order chi connectivity index (χ0) is 26.9. The molecule has 2 aromatic rings. The molecule has 7 unspecified atom stereocenters. The van der Waals surface area contributed by atoms with Crippen LogP contribution in [-0.4, -0.2) is 75.9 Å². The van der Waals surface area contributed by atoms with Crippen molar-refractivity contribution in [3.05, 3.63) is 16.7 Å². The molecule has 3 heterocycles. The number of nitrogen functional groups attached to an aromatic ring is 1. The Morgan fingerprint density at radius 2 is 1.86 bits per heavy atom. The molecule has 19 nitrogen and oxygen atoms in total. The van der Waals surface area contributed by atoms with Crippen LogP contribution in [0, 0.1) is 11.3 Å². The highest BCUT2D eigenvalue weighted by Gasteiger charge is 2.46. The summed E-state index contributed by atoms with van der Waals surface area (Å²) in [5.41, 5.74) is 4.60. The SMILES string of the molecule is N#CCCOP(=O)(O)OP(O)(=S)OP(=O)(O)OCC1OC(n2cnc3c(=O)[nH]c(N)nc32)C(O)C1O. The number of nitriles is 1. The number of H-pyrrole nitrogens is 1. The second-order valence-electron chi connectivity index (χ2n) is 6.93. The molecule has 1 aliphatic rings. The van der Waals surface area contributed by atoms with Gasteiger partial charge >= 0.3 is 22.4 Å². The quantitative estimate of drug-likeness (QED) is 0.118. The van der Waals surface area contributed by atoms with Gasteiger partial charge in [-0.2, -0.15) is 10.2 Å². The summed E-state index contributed by atoms with van der Waals surface area (Å²) in [4.78, 5) is 51.0. The Hall–Kier alpha value is -1.65. The molecule has 2 aromatic heterocycles. The molecule has 1 aliphatic heterocycles. The van der Waals surface area contributed by atoms with Crippen LogP contribution >= 0.6 is 22.4 Å². The van der Waals surface area contributed by atoms with Crippen molar-refractivity contribution in [1.82, 2.24) is 19.5 Å². The maximum absolute atomic E-state index is 12.2. The average molecular weight is 592 g/mol. The Kier molecular flexibility index (Phi) is 8.83. The summed E-state index contributed by atoms with van der Waals surface area (Å²) in [7, 11) is -10.4. The molecule has 8 N–H and O–H groups in total. The summed E-state index contributed by atoms with van der Waals surface area (Å²) >= 11 is 4.40. The molecular formula is C13H19N6O13P3S. The molecule has 0 aromatic carbocycles. The highest BCUT2D eigenvalue weighted by Crippen LogP contribution is 2.68. The summed E-state index contributed by atoms with van der Waals surface area (Å²) in [6.45, 7) is -6.40. The second kappa shape index (κ2) is 11.0. The largest absolute Gasteiger partial charge is 0.479 e. The van der Waals surface area contributed by atoms with Crippen molar-refractivity contribution in [1.29, 1.82) is 5.26 Å². The Labute approximate surface area is 205 Å². The van der Waals surface area contributed by atoms with E-state index in [4.69, 9.17) is 15.7 Å². The van der Waals surface area contributed by atoms with Gasteiger partial charge in [0, 0.05) is 0 Å². The summed E-state index contributed by atoms with van der Waals surface area (Å²) in [5, 5.41) is 29.0. The second-order valence-corrected chi connectivity index (χ2v) is 12.9. The number of rotatable bonds is 11. The van der Waals surface area contributed by atoms with Gasteiger partial charge in [0.25, 0.3) is 5.56 Å². The van der Waals surface area contributed by atoms with Gasteiger partial charge in [-0.05, 0) is 11.8 Å². The number of ether oxygens (including phenoxy) is 1. The molecule has 0 bridgehead atoms. The number of aliphatic hydroxyl groups is 2. The van der Waals surface area contributed by atoms with E-state index >= 15 is 0 Å². The Morgan fingerprint density at radius 3 is 2.50 bits per heavy atom. The van der Waals surface area contributed by atoms with Gasteiger partial charge in [0.2, 0.25) is 5.95 Å². The average Bonchev–Trinajstić information content (AvgIpc) is 3.26. The van der Waals surface area contributed by atoms with Gasteiger partial charge in [-0.15, -0.1) is 0 Å². The zero-order valence-electron chi connectivity index (χ0n) is 17.6. The smallest absolute Gasteiger partial charge is 0.387 e. The zero-order valence-corrected chi connectivity index (χ0v) is 21.1. The minimum absolute atomic E-state index is 0.0891. The number of phosphoric acid groups is 2. The highest BCUT2D eigenvalue weighted by molar-refractivity contribution is 8.09. The standard InChI is InChI=1S/C13H19N6O13P3S/c14-2-1-3-28-33(23,24)31-35(27,36)32-34(25,26)29-4-6-8(20)9(21)12(30-6)19-5-16-7-10(19)17-13(15)18-11(7)22/h5-6,8-9,12,20-21H,1,3-4H2,(H,23,24)(H,25,26)(H,27,36)(H3,15,17,18,22). The maximum Gasteiger partial charge on any atom is 0.479 e. The van der Waals surface area contributed by atoms with E-state index in [0.717, 1.165) is 10.9 Å². The third-order valence-electron chi connectivity index (χ3n) is 4.34. The van der Waals surface area contributed by atoms with E-state index in [9.17, 15) is 38.8 Å². The van der Waals surface area contributed by atoms with Crippen molar-refractivity contribution in [3.8, 4) is 6.07 Å². The molecule has 36 heavy (non-hydrogen) atoms. The van der Waals surface area contributed by atoms with Crippen molar-refractivity contribution in [2.45, 2.75) is 31.0 Å². The van der Waals surface area contributed by atoms with Gasteiger partial charge in [-0.25, -0.2) is 22.7 Å². The van der Waals surface area contributed by atoms with Gasteiger partial charge < -0.3 is 35.4 Å². The molecule has 200 valence electrons. The van der Waals surface area contributed by atoms with Gasteiger partial charge in [0.1, 0.15) is 18.3 Å². The van der Waals surface area contributed by atoms with E-state index < -0.39 is 65.7 Å². The minimum atomic E-state index is -5.30. The van der Waals surface area contributed by atoms with Crippen LogP contribution in [0.15, 0.2) is 11.1 Å². The molecule has 0 amide bonds. The first kappa shape index (κ1) is 28.9. The third-order valence-corrected chi connectivity index (χ3v) is 9.83. The van der Waals surface area contributed by atoms with E-state index in [1.165, 1.54) is 0 Å². The highest BCUT2D eigenvalue weighted by atomic mass is 32.5. The van der Waals surface area contributed by atoms with Crippen LogP contribution in [0.3, 0.4) is 0 Å². The van der Waals surface area contributed by atoms with Crippen molar-refractivity contribution in [2.75, 3.05) is 18.9 Å². The van der Waals surface area contributed by atoms with Crippen LogP contribution < -0.4 is 11.3 Å². The summed E-state index contributed by atoms with van der Waals surface area (Å²) in [6, 6.07) is 1.61. The van der Waals surface area contributed by atoms with Gasteiger partial charge in [0.05, 0.1) is 32.0 Å². The number of aromatic nitrogens is 4. The van der Waals surface area contributed by atoms with Crippen molar-refractivity contribution in [3.63, 3.8) is 0 Å². The first-order valence-electron chi connectivity index (χ1n) is 9.46. The number of hydrogen-bond acceptors (Lipinski definition) is 15. The van der Waals surface area contributed by atoms with Gasteiger partial charge in [0.15, 0.2) is 17.4 Å². The predicted molar refractivity (Wildman–Crippen MR) is 119 cm³/mol. The van der Waals surface area contributed by atoms with Crippen molar-refractivity contribution < 1.29 is 56.4 Å². The first-order chi connectivity index (χ1) is 16.6. The number of nitrogens with one attached hydrogen (secondary N) is 1. The van der Waals surface area contributed by atoms with Gasteiger partial charge in [-0.3, -0.25) is 23.4 Å². The molecule has 23 heteroatoms. The molecule has 1 saturated heterocycles. The lowest BCUT2D eigenvalue weighted by Gasteiger charge is -2.22. The fourth-order valence-corrected chi connectivity index (χ4v) is 7.95. The first-order valence-corrected chi connectivity index (χ1v) is 15.0. The topological polar surface area (TPSA) is 295 Å². The molecule has 7 atom stereocenters. The lowest BCUT2D eigenvalue weighted by atomic mass is 10.1. The van der Waals surface area contributed by atoms with Crippen LogP contribution in [-0.2, 0) is 43.3 Å². The Morgan fingerprint density at radius 1 is 1.22 bits per heavy atom. The number of hydrogen-bond donors (Lipinski definition) is 7. The molecule has 0 radical (unpaired) electrons. The molecule has 0 aliphatic carbocycles. The van der Waals surface area contributed by atoms with E-state index in [2.05, 4.69) is 44.4 Å². The fraction of sp³-hybridized carbons (Fsp3) is 0.538. The predicted octanol–water partition coefficient (Wildman–Crippen LogP) is -1.28. The summed E-state index contributed by atoms with van der Waals surface area (Å²) in [5.74, 6) is -0.259. The molecular weight excluding hydrogens is 573 g/mol. The van der Waals surface area contributed by atoms with Crippen LogP contribution in [0.2, 0.25) is 0 Å². The number of anilines is 1. The number of fused-ring (bicyclic) bond motifs is 1. The molecule has 0 spiro atoms. The number of nitrogens with zero attached hydrogens (tertiary/aromatic N) is 4. The molecule has 0 saturated carbocycles. The van der Waals surface area contributed by atoms with E-state index in [1.54, 1.807) is 6.07 Å². The lowest BCUT2D eigenvalue weighted by Crippen LogP contribution is -2.33. The number of nitrogens with two attached hydrogens (primary N) is 1. The number of imidazole rings is 1. The summed E-state index contributed by atoms with van der Waals surface area (Å²) in [6.07, 6.45) is -5.44. The van der Waals surface area contributed by atoms with E-state index in [0.29, 0.717) is 0 Å². The summed E-state index contributed by atoms with van der Waals surface area (Å²) < 4.78 is 47.8. The molecule has 1 fully saturated rings. The normalized spacial score (nSPS) is 27.2. The van der Waals surface area contributed by atoms with E-state index in [-0.39, 0.29) is 23.5 Å². The van der Waals surface area contributed by atoms with Gasteiger partial charge in [-0.1, -0.05) is 0 Å². The molecule has 3 rings (SSSR count). The number of aromatic amines is 1. The Bertz CT molecular complexity index is 1360. The minimum Gasteiger partial charge on any atom is -0.387 e. The van der Waals surface area contributed by atoms with Crippen LogP contribution in [0.4, 0.5) is 5.95 Å². The van der Waals surface area contributed by atoms with Crippen molar-refractivity contribution in [2.24, 2.45) is 0 Å². The number of phosphoric ester groups is 2. The third kappa shape index (κ3) is 7.01. The van der Waals surface area contributed by atoms with E-state index in [1.807, 2.05) is 0 Å². The lowest BCUT2D eigenvalue weighted by molar-refractivity contribution is -0.0502. The van der Waals surface area contributed by atoms with Crippen molar-refractivity contribution >= 4 is 51.3 Å².